The van der Waals surface area contributed by atoms with E-state index in [2.05, 4.69) is 5.32 Å². The quantitative estimate of drug-likeness (QED) is 0.794. The molecular weight excluding hydrogens is 274 g/mol. The van der Waals surface area contributed by atoms with E-state index >= 15 is 0 Å². The van der Waals surface area contributed by atoms with Crippen molar-refractivity contribution >= 4 is 17.9 Å². The summed E-state index contributed by atoms with van der Waals surface area (Å²) >= 11 is 0. The Labute approximate surface area is 124 Å². The second-order valence-electron chi connectivity index (χ2n) is 5.94. The first-order chi connectivity index (χ1) is 9.94. The van der Waals surface area contributed by atoms with Crippen molar-refractivity contribution in [2.75, 3.05) is 32.7 Å². The Morgan fingerprint density at radius 1 is 1.05 bits per heavy atom. The molecule has 1 saturated heterocycles. The van der Waals surface area contributed by atoms with Crippen molar-refractivity contribution in [2.45, 2.75) is 32.6 Å². The van der Waals surface area contributed by atoms with Gasteiger partial charge in [0, 0.05) is 39.6 Å². The van der Waals surface area contributed by atoms with Crippen molar-refractivity contribution in [3.8, 4) is 0 Å². The predicted molar refractivity (Wildman–Crippen MR) is 75.8 cm³/mol. The Balaban J connectivity index is 1.82. The number of nitrogens with zero attached hydrogens (tertiary/aromatic N) is 2. The molecular formula is C14H23N3O4. The highest BCUT2D eigenvalue weighted by Crippen LogP contribution is 2.37. The standard InChI is InChI=1S/C14H23N3O4/c1-11(18)16-6-8-17(9-7-16)13(21)15-10-14(12(19)20)4-2-3-5-14/h2-10H2,1H3,(H,15,21)(H,19,20). The summed E-state index contributed by atoms with van der Waals surface area (Å²) in [6.07, 6.45) is 3.06. The maximum Gasteiger partial charge on any atom is 0.317 e. The molecule has 0 aromatic heterocycles. The molecule has 2 rings (SSSR count). The first-order valence-corrected chi connectivity index (χ1v) is 7.46. The van der Waals surface area contributed by atoms with Gasteiger partial charge >= 0.3 is 12.0 Å². The molecule has 0 atom stereocenters. The summed E-state index contributed by atoms with van der Waals surface area (Å²) in [5, 5.41) is 12.1. The minimum absolute atomic E-state index is 0.0193. The topological polar surface area (TPSA) is 90.0 Å². The van der Waals surface area contributed by atoms with Crippen LogP contribution >= 0.6 is 0 Å². The number of nitrogens with one attached hydrogen (secondary N) is 1. The summed E-state index contributed by atoms with van der Waals surface area (Å²) in [5.41, 5.74) is -0.795. The summed E-state index contributed by atoms with van der Waals surface area (Å²) in [5.74, 6) is -0.799. The Hall–Kier alpha value is -1.79. The van der Waals surface area contributed by atoms with Crippen molar-refractivity contribution in [3.05, 3.63) is 0 Å². The smallest absolute Gasteiger partial charge is 0.317 e. The highest BCUT2D eigenvalue weighted by molar-refractivity contribution is 5.79. The molecule has 21 heavy (non-hydrogen) atoms. The lowest BCUT2D eigenvalue weighted by atomic mass is 9.86. The lowest BCUT2D eigenvalue weighted by Crippen LogP contribution is -2.54. The Kier molecular flexibility index (Phi) is 4.69. The van der Waals surface area contributed by atoms with Crippen LogP contribution in [-0.4, -0.2) is 65.5 Å². The molecule has 0 unspecified atom stereocenters. The van der Waals surface area contributed by atoms with Crippen molar-refractivity contribution in [3.63, 3.8) is 0 Å². The van der Waals surface area contributed by atoms with Gasteiger partial charge in [-0.25, -0.2) is 4.79 Å². The minimum atomic E-state index is -0.818. The van der Waals surface area contributed by atoms with E-state index in [0.717, 1.165) is 12.8 Å². The molecule has 7 heteroatoms. The van der Waals surface area contributed by atoms with Crippen LogP contribution < -0.4 is 5.32 Å². The van der Waals surface area contributed by atoms with Crippen LogP contribution in [0.25, 0.3) is 0 Å². The number of amides is 3. The summed E-state index contributed by atoms with van der Waals surface area (Å²) < 4.78 is 0. The fourth-order valence-corrected chi connectivity index (χ4v) is 3.10. The Bertz CT molecular complexity index is 424. The maximum absolute atomic E-state index is 12.1. The zero-order valence-electron chi connectivity index (χ0n) is 12.4. The molecule has 0 radical (unpaired) electrons. The molecule has 1 aliphatic heterocycles. The molecule has 0 aromatic rings. The number of piperazine rings is 1. The van der Waals surface area contributed by atoms with E-state index in [1.54, 1.807) is 9.80 Å². The van der Waals surface area contributed by atoms with E-state index in [1.807, 2.05) is 0 Å². The van der Waals surface area contributed by atoms with Crippen LogP contribution in [0.4, 0.5) is 4.79 Å². The van der Waals surface area contributed by atoms with Gasteiger partial charge in [0.05, 0.1) is 5.41 Å². The second-order valence-corrected chi connectivity index (χ2v) is 5.94. The number of carbonyl (C=O) groups excluding carboxylic acids is 2. The van der Waals surface area contributed by atoms with Crippen molar-refractivity contribution in [1.29, 1.82) is 0 Å². The summed E-state index contributed by atoms with van der Waals surface area (Å²) in [6, 6.07) is -0.231. The van der Waals surface area contributed by atoms with Crippen LogP contribution in [0, 0.1) is 5.41 Å². The third-order valence-electron chi connectivity index (χ3n) is 4.60. The summed E-state index contributed by atoms with van der Waals surface area (Å²) in [7, 11) is 0. The van der Waals surface area contributed by atoms with Gasteiger partial charge in [-0.15, -0.1) is 0 Å². The molecule has 0 bridgehead atoms. The van der Waals surface area contributed by atoms with E-state index in [-0.39, 0.29) is 18.5 Å². The van der Waals surface area contributed by atoms with E-state index in [0.29, 0.717) is 39.0 Å². The highest BCUT2D eigenvalue weighted by atomic mass is 16.4. The minimum Gasteiger partial charge on any atom is -0.481 e. The average Bonchev–Trinajstić information content (AvgIpc) is 2.95. The molecule has 118 valence electrons. The largest absolute Gasteiger partial charge is 0.481 e. The number of rotatable bonds is 3. The number of carboxylic acid groups (broad SMARTS) is 1. The van der Waals surface area contributed by atoms with Gasteiger partial charge < -0.3 is 20.2 Å². The van der Waals surface area contributed by atoms with Gasteiger partial charge in [-0.3, -0.25) is 9.59 Å². The average molecular weight is 297 g/mol. The predicted octanol–water partition coefficient (Wildman–Crippen LogP) is 0.505. The Morgan fingerprint density at radius 3 is 2.05 bits per heavy atom. The molecule has 0 spiro atoms. The molecule has 2 aliphatic rings. The monoisotopic (exact) mass is 297 g/mol. The van der Waals surface area contributed by atoms with E-state index in [4.69, 9.17) is 0 Å². The molecule has 2 fully saturated rings. The zero-order chi connectivity index (χ0) is 15.5. The van der Waals surface area contributed by atoms with Crippen LogP contribution in [0.2, 0.25) is 0 Å². The van der Waals surface area contributed by atoms with Crippen molar-refractivity contribution in [2.24, 2.45) is 5.41 Å². The highest BCUT2D eigenvalue weighted by Gasteiger charge is 2.41. The van der Waals surface area contributed by atoms with Crippen LogP contribution in [-0.2, 0) is 9.59 Å². The van der Waals surface area contributed by atoms with Gasteiger partial charge in [-0.2, -0.15) is 0 Å². The van der Waals surface area contributed by atoms with Gasteiger partial charge in [-0.1, -0.05) is 12.8 Å². The zero-order valence-corrected chi connectivity index (χ0v) is 12.4. The van der Waals surface area contributed by atoms with Gasteiger partial charge in [0.25, 0.3) is 0 Å². The van der Waals surface area contributed by atoms with E-state index < -0.39 is 11.4 Å². The first-order valence-electron chi connectivity index (χ1n) is 7.46. The van der Waals surface area contributed by atoms with Crippen molar-refractivity contribution in [1.82, 2.24) is 15.1 Å². The van der Waals surface area contributed by atoms with Gasteiger partial charge in [-0.05, 0) is 12.8 Å². The van der Waals surface area contributed by atoms with Crippen LogP contribution in [0.5, 0.6) is 0 Å². The molecule has 2 N–H and O–H groups in total. The number of hydrogen-bond donors (Lipinski definition) is 2. The Morgan fingerprint density at radius 2 is 1.57 bits per heavy atom. The molecule has 1 aliphatic carbocycles. The number of carbonyl (C=O) groups is 3. The SMILES string of the molecule is CC(=O)N1CCN(C(=O)NCC2(C(=O)O)CCCC2)CC1. The van der Waals surface area contributed by atoms with Crippen LogP contribution in [0.3, 0.4) is 0 Å². The fourth-order valence-electron chi connectivity index (χ4n) is 3.10. The van der Waals surface area contributed by atoms with Gasteiger partial charge in [0.2, 0.25) is 5.91 Å². The number of carboxylic acids is 1. The maximum atomic E-state index is 12.1. The van der Waals surface area contributed by atoms with Crippen molar-refractivity contribution < 1.29 is 19.5 Å². The molecule has 7 nitrogen and oxygen atoms in total. The molecule has 3 amide bonds. The number of aliphatic carboxylic acids is 1. The fraction of sp³-hybridized carbons (Fsp3) is 0.786. The normalized spacial score (nSPS) is 21.2. The second kappa shape index (κ2) is 6.32. The van der Waals surface area contributed by atoms with E-state index in [1.165, 1.54) is 6.92 Å². The van der Waals surface area contributed by atoms with Crippen LogP contribution in [0.15, 0.2) is 0 Å². The van der Waals surface area contributed by atoms with Gasteiger partial charge in [0.1, 0.15) is 0 Å². The third-order valence-corrected chi connectivity index (χ3v) is 4.60. The van der Waals surface area contributed by atoms with Gasteiger partial charge in [0.15, 0.2) is 0 Å². The van der Waals surface area contributed by atoms with Crippen LogP contribution in [0.1, 0.15) is 32.6 Å². The third kappa shape index (κ3) is 3.46. The lowest BCUT2D eigenvalue weighted by Gasteiger charge is -2.35. The summed E-state index contributed by atoms with van der Waals surface area (Å²) in [4.78, 5) is 38.1. The summed E-state index contributed by atoms with van der Waals surface area (Å²) in [6.45, 7) is 3.76. The molecule has 1 saturated carbocycles. The number of hydrogen-bond acceptors (Lipinski definition) is 3. The lowest BCUT2D eigenvalue weighted by molar-refractivity contribution is -0.148. The number of urea groups is 1. The van der Waals surface area contributed by atoms with E-state index in [9.17, 15) is 19.5 Å². The molecule has 1 heterocycles. The first kappa shape index (κ1) is 15.6. The molecule has 0 aromatic carbocycles.